The standard InChI is InChI=1S/C13H20BrNO4S2/c1-5-19-13(16)8-15(7-9(2)3)21(17,18)11-6-12(14)20-10(11)4/h6,9H,5,7-8H2,1-4H3. The lowest BCUT2D eigenvalue weighted by atomic mass is 10.2. The first-order valence-corrected chi connectivity index (χ1v) is 9.65. The lowest BCUT2D eigenvalue weighted by molar-refractivity contribution is -0.143. The van der Waals surface area contributed by atoms with Gasteiger partial charge in [-0.3, -0.25) is 4.79 Å². The summed E-state index contributed by atoms with van der Waals surface area (Å²) in [5.74, 6) is -0.426. The van der Waals surface area contributed by atoms with Gasteiger partial charge >= 0.3 is 5.97 Å². The SMILES string of the molecule is CCOC(=O)CN(CC(C)C)S(=O)(=O)c1cc(Br)sc1C. The summed E-state index contributed by atoms with van der Waals surface area (Å²) in [6.07, 6.45) is 0. The predicted molar refractivity (Wildman–Crippen MR) is 87.0 cm³/mol. The predicted octanol–water partition coefficient (Wildman–Crippen LogP) is 3.03. The van der Waals surface area contributed by atoms with Gasteiger partial charge in [-0.2, -0.15) is 4.31 Å². The molecule has 1 rings (SSSR count). The van der Waals surface area contributed by atoms with Gasteiger partial charge in [-0.1, -0.05) is 13.8 Å². The van der Waals surface area contributed by atoms with Crippen LogP contribution in [-0.4, -0.2) is 38.4 Å². The summed E-state index contributed by atoms with van der Waals surface area (Å²) in [4.78, 5) is 12.6. The largest absolute Gasteiger partial charge is 0.465 e. The molecule has 120 valence electrons. The van der Waals surface area contributed by atoms with Crippen molar-refractivity contribution in [2.24, 2.45) is 5.92 Å². The molecule has 1 aromatic rings. The highest BCUT2D eigenvalue weighted by Crippen LogP contribution is 2.31. The Hall–Kier alpha value is -0.440. The fourth-order valence-electron chi connectivity index (χ4n) is 1.83. The van der Waals surface area contributed by atoms with Gasteiger partial charge in [0.1, 0.15) is 6.54 Å². The Kier molecular flexibility index (Phi) is 6.83. The lowest BCUT2D eigenvalue weighted by Gasteiger charge is -2.22. The number of rotatable bonds is 7. The van der Waals surface area contributed by atoms with E-state index in [0.29, 0.717) is 4.88 Å². The van der Waals surface area contributed by atoms with Crippen LogP contribution < -0.4 is 0 Å². The van der Waals surface area contributed by atoms with Crippen LogP contribution in [0.1, 0.15) is 25.6 Å². The summed E-state index contributed by atoms with van der Waals surface area (Å²) in [5.41, 5.74) is 0. The van der Waals surface area contributed by atoms with Gasteiger partial charge in [0, 0.05) is 11.4 Å². The third-order valence-electron chi connectivity index (χ3n) is 2.64. The fourth-order valence-corrected chi connectivity index (χ4v) is 5.76. The summed E-state index contributed by atoms with van der Waals surface area (Å²) in [6.45, 7) is 7.50. The molecule has 0 aliphatic heterocycles. The number of thiophene rings is 1. The molecule has 0 aliphatic rings. The van der Waals surface area contributed by atoms with Crippen LogP contribution in [0, 0.1) is 12.8 Å². The van der Waals surface area contributed by atoms with E-state index in [9.17, 15) is 13.2 Å². The molecule has 0 spiro atoms. The van der Waals surface area contributed by atoms with Crippen LogP contribution in [0.25, 0.3) is 0 Å². The highest BCUT2D eigenvalue weighted by atomic mass is 79.9. The van der Waals surface area contributed by atoms with E-state index in [1.165, 1.54) is 15.6 Å². The molecule has 0 amide bonds. The molecular formula is C13H20BrNO4S2. The third kappa shape index (κ3) is 5.05. The van der Waals surface area contributed by atoms with Gasteiger partial charge in [0.15, 0.2) is 0 Å². The van der Waals surface area contributed by atoms with Crippen molar-refractivity contribution in [3.8, 4) is 0 Å². The van der Waals surface area contributed by atoms with Crippen molar-refractivity contribution >= 4 is 43.3 Å². The van der Waals surface area contributed by atoms with Crippen molar-refractivity contribution in [1.82, 2.24) is 4.31 Å². The average Bonchev–Trinajstić information content (AvgIpc) is 2.68. The molecule has 0 saturated heterocycles. The van der Waals surface area contributed by atoms with E-state index >= 15 is 0 Å². The minimum Gasteiger partial charge on any atom is -0.465 e. The quantitative estimate of drug-likeness (QED) is 0.663. The number of hydrogen-bond donors (Lipinski definition) is 0. The number of sulfonamides is 1. The zero-order valence-corrected chi connectivity index (χ0v) is 15.8. The second-order valence-corrected chi connectivity index (χ2v) is 9.51. The van der Waals surface area contributed by atoms with E-state index in [1.807, 2.05) is 13.8 Å². The van der Waals surface area contributed by atoms with Crippen LogP contribution in [0.2, 0.25) is 0 Å². The van der Waals surface area contributed by atoms with Crippen LogP contribution in [0.3, 0.4) is 0 Å². The van der Waals surface area contributed by atoms with Crippen molar-refractivity contribution in [2.75, 3.05) is 19.7 Å². The van der Waals surface area contributed by atoms with Crippen molar-refractivity contribution < 1.29 is 17.9 Å². The molecule has 8 heteroatoms. The van der Waals surface area contributed by atoms with Crippen LogP contribution >= 0.6 is 27.3 Å². The number of ether oxygens (including phenoxy) is 1. The fraction of sp³-hybridized carbons (Fsp3) is 0.615. The van der Waals surface area contributed by atoms with Gasteiger partial charge in [-0.25, -0.2) is 8.42 Å². The van der Waals surface area contributed by atoms with Gasteiger partial charge in [0.25, 0.3) is 0 Å². The average molecular weight is 398 g/mol. The summed E-state index contributed by atoms with van der Waals surface area (Å²) < 4.78 is 32.3. The maximum atomic E-state index is 12.7. The molecular weight excluding hydrogens is 378 g/mol. The van der Waals surface area contributed by atoms with Crippen LogP contribution in [0.15, 0.2) is 14.7 Å². The van der Waals surface area contributed by atoms with Crippen LogP contribution in [0.5, 0.6) is 0 Å². The molecule has 0 aromatic carbocycles. The number of aryl methyl sites for hydroxylation is 1. The van der Waals surface area contributed by atoms with Crippen LogP contribution in [-0.2, 0) is 19.6 Å². The molecule has 0 unspecified atom stereocenters. The topological polar surface area (TPSA) is 63.7 Å². The van der Waals surface area contributed by atoms with E-state index in [1.54, 1.807) is 19.9 Å². The van der Waals surface area contributed by atoms with Crippen molar-refractivity contribution in [1.29, 1.82) is 0 Å². The van der Waals surface area contributed by atoms with E-state index in [2.05, 4.69) is 15.9 Å². The highest BCUT2D eigenvalue weighted by molar-refractivity contribution is 9.11. The number of carbonyl (C=O) groups excluding carboxylic acids is 1. The number of carbonyl (C=O) groups is 1. The first-order valence-electron chi connectivity index (χ1n) is 6.60. The summed E-state index contributed by atoms with van der Waals surface area (Å²) in [5, 5.41) is 0. The molecule has 0 saturated carbocycles. The number of halogens is 1. The van der Waals surface area contributed by atoms with E-state index in [0.717, 1.165) is 3.79 Å². The molecule has 21 heavy (non-hydrogen) atoms. The first kappa shape index (κ1) is 18.6. The first-order chi connectivity index (χ1) is 9.68. The zero-order valence-electron chi connectivity index (χ0n) is 12.6. The Balaban J connectivity index is 3.11. The Bertz CT molecular complexity index is 595. The molecule has 0 atom stereocenters. The molecule has 1 aromatic heterocycles. The number of hydrogen-bond acceptors (Lipinski definition) is 5. The monoisotopic (exact) mass is 397 g/mol. The Morgan fingerprint density at radius 3 is 2.52 bits per heavy atom. The Morgan fingerprint density at radius 1 is 1.48 bits per heavy atom. The maximum Gasteiger partial charge on any atom is 0.321 e. The number of esters is 1. The third-order valence-corrected chi connectivity index (χ3v) is 6.26. The minimum absolute atomic E-state index is 0.108. The Labute approximate surface area is 138 Å². The van der Waals surface area contributed by atoms with Gasteiger partial charge in [0.2, 0.25) is 10.0 Å². The maximum absolute atomic E-state index is 12.7. The highest BCUT2D eigenvalue weighted by Gasteiger charge is 2.30. The molecule has 0 fully saturated rings. The van der Waals surface area contributed by atoms with Crippen molar-refractivity contribution in [2.45, 2.75) is 32.6 Å². The van der Waals surface area contributed by atoms with Gasteiger partial charge in [-0.15, -0.1) is 11.3 Å². The smallest absolute Gasteiger partial charge is 0.321 e. The minimum atomic E-state index is -3.71. The van der Waals surface area contributed by atoms with Gasteiger partial charge < -0.3 is 4.74 Å². The molecule has 5 nitrogen and oxygen atoms in total. The summed E-state index contributed by atoms with van der Waals surface area (Å²) in [6, 6.07) is 1.58. The Morgan fingerprint density at radius 2 is 2.10 bits per heavy atom. The molecule has 1 heterocycles. The van der Waals surface area contributed by atoms with Crippen molar-refractivity contribution in [3.05, 3.63) is 14.7 Å². The lowest BCUT2D eigenvalue weighted by Crippen LogP contribution is -2.39. The zero-order chi connectivity index (χ0) is 16.2. The second-order valence-electron chi connectivity index (χ2n) is 4.97. The van der Waals surface area contributed by atoms with Crippen molar-refractivity contribution in [3.63, 3.8) is 0 Å². The van der Waals surface area contributed by atoms with Gasteiger partial charge in [-0.05, 0) is 41.8 Å². The molecule has 0 N–H and O–H groups in total. The summed E-state index contributed by atoms with van der Waals surface area (Å²) in [7, 11) is -3.71. The second kappa shape index (κ2) is 7.71. The van der Waals surface area contributed by atoms with E-state index in [-0.39, 0.29) is 30.5 Å². The molecule has 0 bridgehead atoms. The van der Waals surface area contributed by atoms with E-state index < -0.39 is 16.0 Å². The van der Waals surface area contributed by atoms with Crippen LogP contribution in [0.4, 0.5) is 0 Å². The normalized spacial score (nSPS) is 12.1. The summed E-state index contributed by atoms with van der Waals surface area (Å²) >= 11 is 4.65. The molecule has 0 aliphatic carbocycles. The molecule has 0 radical (unpaired) electrons. The number of nitrogens with zero attached hydrogens (tertiary/aromatic N) is 1. The van der Waals surface area contributed by atoms with E-state index in [4.69, 9.17) is 4.74 Å². The van der Waals surface area contributed by atoms with Gasteiger partial charge in [0.05, 0.1) is 15.3 Å².